The smallest absolute Gasteiger partial charge is 0.224 e. The zero-order valence-electron chi connectivity index (χ0n) is 10.1. The van der Waals surface area contributed by atoms with E-state index in [-0.39, 0.29) is 5.91 Å². The lowest BCUT2D eigenvalue weighted by molar-refractivity contribution is -0.116. The molecule has 8 nitrogen and oxygen atoms in total. The molecule has 2 aromatic rings. The topological polar surface area (TPSA) is 122 Å². The van der Waals surface area contributed by atoms with Gasteiger partial charge in [0.05, 0.1) is 17.9 Å². The second-order valence-electron chi connectivity index (χ2n) is 4.33. The van der Waals surface area contributed by atoms with Crippen molar-refractivity contribution in [2.45, 2.75) is 19.4 Å². The Kier molecular flexibility index (Phi) is 2.75. The van der Waals surface area contributed by atoms with Crippen molar-refractivity contribution < 1.29 is 4.79 Å². The van der Waals surface area contributed by atoms with Crippen molar-refractivity contribution in [3.8, 4) is 0 Å². The number of benzene rings is 1. The van der Waals surface area contributed by atoms with Gasteiger partial charge in [-0.3, -0.25) is 4.79 Å². The molecule has 3 rings (SSSR count). The lowest BCUT2D eigenvalue weighted by Gasteiger charge is -2.19. The predicted octanol–water partition coefficient (Wildman–Crippen LogP) is 0.279. The molecule has 1 aromatic carbocycles. The molecule has 0 fully saturated rings. The Morgan fingerprint density at radius 2 is 2.26 bits per heavy atom. The standard InChI is InChI=1S/C11H13N7O/c12-7-3-6-1-2-11(19)14-8(6)4-9(7)13-5-10-15-17-18-16-10/h3-4,13H,1-2,5,12H2,(H,14,19)(H,15,16,17,18). The number of hydrogen-bond donors (Lipinski definition) is 4. The maximum atomic E-state index is 11.4. The summed E-state index contributed by atoms with van der Waals surface area (Å²) in [5.74, 6) is 0.572. The van der Waals surface area contributed by atoms with Gasteiger partial charge >= 0.3 is 0 Å². The normalized spacial score (nSPS) is 13.8. The van der Waals surface area contributed by atoms with E-state index < -0.39 is 0 Å². The number of nitrogens with one attached hydrogen (secondary N) is 3. The van der Waals surface area contributed by atoms with Crippen LogP contribution in [0.2, 0.25) is 0 Å². The van der Waals surface area contributed by atoms with Crippen LogP contribution in [0.5, 0.6) is 0 Å². The van der Waals surface area contributed by atoms with Crippen LogP contribution in [0.4, 0.5) is 17.1 Å². The maximum absolute atomic E-state index is 11.4. The number of aryl methyl sites for hydroxylation is 1. The van der Waals surface area contributed by atoms with E-state index in [9.17, 15) is 4.79 Å². The number of fused-ring (bicyclic) bond motifs is 1. The summed E-state index contributed by atoms with van der Waals surface area (Å²) in [5, 5.41) is 19.5. The molecule has 1 aromatic heterocycles. The Hall–Kier alpha value is -2.64. The minimum atomic E-state index is 0.0291. The summed E-state index contributed by atoms with van der Waals surface area (Å²) in [6.07, 6.45) is 1.22. The second-order valence-corrected chi connectivity index (χ2v) is 4.33. The minimum absolute atomic E-state index is 0.0291. The third-order valence-electron chi connectivity index (χ3n) is 3.00. The van der Waals surface area contributed by atoms with Gasteiger partial charge in [0.2, 0.25) is 5.91 Å². The Bertz CT molecular complexity index is 608. The van der Waals surface area contributed by atoms with E-state index >= 15 is 0 Å². The molecule has 0 saturated carbocycles. The largest absolute Gasteiger partial charge is 0.397 e. The SMILES string of the molecule is Nc1cc2c(cc1NCc1nn[nH]n1)NC(=O)CC2. The Morgan fingerprint density at radius 3 is 3.05 bits per heavy atom. The van der Waals surface area contributed by atoms with E-state index in [1.54, 1.807) is 0 Å². The molecule has 0 aliphatic carbocycles. The average Bonchev–Trinajstić information content (AvgIpc) is 2.90. The number of H-pyrrole nitrogens is 1. The van der Waals surface area contributed by atoms with E-state index in [1.807, 2.05) is 12.1 Å². The maximum Gasteiger partial charge on any atom is 0.224 e. The number of nitrogen functional groups attached to an aromatic ring is 1. The number of carbonyl (C=O) groups excluding carboxylic acids is 1. The zero-order valence-corrected chi connectivity index (χ0v) is 10.1. The highest BCUT2D eigenvalue weighted by molar-refractivity contribution is 5.95. The summed E-state index contributed by atoms with van der Waals surface area (Å²) in [5.41, 5.74) is 9.22. The third-order valence-corrected chi connectivity index (χ3v) is 3.00. The summed E-state index contributed by atoms with van der Waals surface area (Å²) in [6.45, 7) is 0.410. The van der Waals surface area contributed by atoms with Crippen LogP contribution in [-0.2, 0) is 17.8 Å². The summed E-state index contributed by atoms with van der Waals surface area (Å²) < 4.78 is 0. The number of aromatic nitrogens is 4. The van der Waals surface area contributed by atoms with E-state index in [2.05, 4.69) is 31.3 Å². The molecule has 0 unspecified atom stereocenters. The molecule has 1 aliphatic heterocycles. The molecular formula is C11H13N7O. The monoisotopic (exact) mass is 259 g/mol. The minimum Gasteiger partial charge on any atom is -0.397 e. The number of nitrogens with zero attached hydrogens (tertiary/aromatic N) is 3. The van der Waals surface area contributed by atoms with Crippen LogP contribution < -0.4 is 16.4 Å². The van der Waals surface area contributed by atoms with Crippen LogP contribution in [0.25, 0.3) is 0 Å². The fourth-order valence-corrected chi connectivity index (χ4v) is 2.03. The molecule has 2 heterocycles. The fraction of sp³-hybridized carbons (Fsp3) is 0.273. The van der Waals surface area contributed by atoms with Gasteiger partial charge in [-0.1, -0.05) is 5.21 Å². The van der Waals surface area contributed by atoms with Crippen LogP contribution in [0, 0.1) is 0 Å². The zero-order chi connectivity index (χ0) is 13.2. The van der Waals surface area contributed by atoms with Crippen LogP contribution >= 0.6 is 0 Å². The molecular weight excluding hydrogens is 246 g/mol. The number of aromatic amines is 1. The van der Waals surface area contributed by atoms with Gasteiger partial charge in [0.15, 0.2) is 5.82 Å². The lowest BCUT2D eigenvalue weighted by atomic mass is 10.0. The fourth-order valence-electron chi connectivity index (χ4n) is 2.03. The molecule has 1 aliphatic rings. The first kappa shape index (κ1) is 11.5. The van der Waals surface area contributed by atoms with E-state index in [0.717, 1.165) is 23.4 Å². The third kappa shape index (κ3) is 2.32. The van der Waals surface area contributed by atoms with Crippen LogP contribution in [0.15, 0.2) is 12.1 Å². The molecule has 0 spiro atoms. The first-order chi connectivity index (χ1) is 9.22. The first-order valence-corrected chi connectivity index (χ1v) is 5.91. The van der Waals surface area contributed by atoms with E-state index in [4.69, 9.17) is 5.73 Å². The Labute approximate surface area is 108 Å². The highest BCUT2D eigenvalue weighted by Gasteiger charge is 2.16. The lowest BCUT2D eigenvalue weighted by Crippen LogP contribution is -2.19. The second kappa shape index (κ2) is 4.56. The molecule has 0 bridgehead atoms. The Morgan fingerprint density at radius 1 is 1.37 bits per heavy atom. The number of amides is 1. The van der Waals surface area contributed by atoms with E-state index in [1.165, 1.54) is 0 Å². The van der Waals surface area contributed by atoms with Crippen molar-refractivity contribution >= 4 is 23.0 Å². The van der Waals surface area contributed by atoms with Gasteiger partial charge in [0.1, 0.15) is 0 Å². The van der Waals surface area contributed by atoms with E-state index in [0.29, 0.717) is 24.5 Å². The van der Waals surface area contributed by atoms with Crippen molar-refractivity contribution in [3.63, 3.8) is 0 Å². The molecule has 8 heteroatoms. The van der Waals surface area contributed by atoms with Gasteiger partial charge in [-0.15, -0.1) is 10.2 Å². The predicted molar refractivity (Wildman–Crippen MR) is 69.3 cm³/mol. The van der Waals surface area contributed by atoms with Crippen LogP contribution in [-0.4, -0.2) is 26.5 Å². The van der Waals surface area contributed by atoms with Crippen LogP contribution in [0.1, 0.15) is 17.8 Å². The van der Waals surface area contributed by atoms with Gasteiger partial charge in [0.25, 0.3) is 0 Å². The number of carbonyl (C=O) groups is 1. The quantitative estimate of drug-likeness (QED) is 0.587. The Balaban J connectivity index is 1.81. The van der Waals surface area contributed by atoms with Gasteiger partial charge < -0.3 is 16.4 Å². The molecule has 19 heavy (non-hydrogen) atoms. The van der Waals surface area contributed by atoms with Crippen molar-refractivity contribution in [1.82, 2.24) is 20.6 Å². The number of anilines is 3. The van der Waals surface area contributed by atoms with Crippen LogP contribution in [0.3, 0.4) is 0 Å². The summed E-state index contributed by atoms with van der Waals surface area (Å²) >= 11 is 0. The summed E-state index contributed by atoms with van der Waals surface area (Å²) in [6, 6.07) is 3.72. The molecule has 0 radical (unpaired) electrons. The van der Waals surface area contributed by atoms with Gasteiger partial charge in [0, 0.05) is 12.1 Å². The molecule has 0 atom stereocenters. The van der Waals surface area contributed by atoms with Crippen molar-refractivity contribution in [2.75, 3.05) is 16.4 Å². The first-order valence-electron chi connectivity index (χ1n) is 5.91. The summed E-state index contributed by atoms with van der Waals surface area (Å²) in [4.78, 5) is 11.4. The number of nitrogens with two attached hydrogens (primary N) is 1. The highest BCUT2D eigenvalue weighted by atomic mass is 16.1. The number of rotatable bonds is 3. The van der Waals surface area contributed by atoms with Gasteiger partial charge in [-0.25, -0.2) is 0 Å². The van der Waals surface area contributed by atoms with Crippen molar-refractivity contribution in [1.29, 1.82) is 0 Å². The molecule has 5 N–H and O–H groups in total. The average molecular weight is 259 g/mol. The van der Waals surface area contributed by atoms with Gasteiger partial charge in [-0.05, 0) is 24.1 Å². The highest BCUT2D eigenvalue weighted by Crippen LogP contribution is 2.31. The molecule has 98 valence electrons. The van der Waals surface area contributed by atoms with Crippen molar-refractivity contribution in [2.24, 2.45) is 0 Å². The molecule has 0 saturated heterocycles. The number of tetrazole rings is 1. The number of hydrogen-bond acceptors (Lipinski definition) is 6. The van der Waals surface area contributed by atoms with Gasteiger partial charge in [-0.2, -0.15) is 5.21 Å². The summed E-state index contributed by atoms with van der Waals surface area (Å²) in [7, 11) is 0. The molecule has 1 amide bonds. The van der Waals surface area contributed by atoms with Crippen molar-refractivity contribution in [3.05, 3.63) is 23.5 Å².